The summed E-state index contributed by atoms with van der Waals surface area (Å²) in [4.78, 5) is 33.7. The molecular formula is C28H27ClN4O2. The Labute approximate surface area is 209 Å². The Hall–Kier alpha value is -3.64. The van der Waals surface area contributed by atoms with Gasteiger partial charge < -0.3 is 10.2 Å². The van der Waals surface area contributed by atoms with Gasteiger partial charge in [-0.15, -0.1) is 0 Å². The molecule has 1 N–H and O–H groups in total. The fourth-order valence-electron chi connectivity index (χ4n) is 4.61. The molecule has 178 valence electrons. The van der Waals surface area contributed by atoms with E-state index in [0.29, 0.717) is 39.5 Å². The zero-order valence-corrected chi connectivity index (χ0v) is 20.4. The minimum Gasteiger partial charge on any atom is -0.370 e. The summed E-state index contributed by atoms with van der Waals surface area (Å²) in [5, 5.41) is 4.19. The van der Waals surface area contributed by atoms with Gasteiger partial charge in [0.15, 0.2) is 0 Å². The van der Waals surface area contributed by atoms with E-state index in [-0.39, 0.29) is 11.5 Å². The van der Waals surface area contributed by atoms with E-state index in [2.05, 4.69) is 10.2 Å². The van der Waals surface area contributed by atoms with E-state index in [1.807, 2.05) is 55.5 Å². The standard InChI is InChI=1S/C28H27ClN4O2/c1-19-30-24-17-26(32-14-6-3-7-15-32)25(31-27(34)21-8-4-2-5-9-21)16-23(24)28(35)33(19)18-20-10-12-22(29)13-11-20/h2,4-5,8-13,16-17H,3,6-7,14-15,18H2,1H3,(H,31,34). The predicted octanol–water partition coefficient (Wildman–Crippen LogP) is 5.65. The average molecular weight is 487 g/mol. The van der Waals surface area contributed by atoms with Crippen LogP contribution in [-0.2, 0) is 6.54 Å². The quantitative estimate of drug-likeness (QED) is 0.396. The van der Waals surface area contributed by atoms with E-state index in [1.165, 1.54) is 6.42 Å². The molecule has 1 aromatic heterocycles. The summed E-state index contributed by atoms with van der Waals surface area (Å²) < 4.78 is 1.66. The van der Waals surface area contributed by atoms with Gasteiger partial charge in [-0.05, 0) is 68.1 Å². The van der Waals surface area contributed by atoms with E-state index in [9.17, 15) is 9.59 Å². The molecule has 1 fully saturated rings. The third kappa shape index (κ3) is 4.93. The highest BCUT2D eigenvalue weighted by Gasteiger charge is 2.20. The summed E-state index contributed by atoms with van der Waals surface area (Å²) in [5.74, 6) is 0.438. The van der Waals surface area contributed by atoms with Crippen molar-refractivity contribution in [2.75, 3.05) is 23.3 Å². The van der Waals surface area contributed by atoms with E-state index >= 15 is 0 Å². The number of nitrogens with zero attached hydrogens (tertiary/aromatic N) is 3. The molecular weight excluding hydrogens is 460 g/mol. The molecule has 3 aromatic carbocycles. The summed E-state index contributed by atoms with van der Waals surface area (Å²) in [7, 11) is 0. The van der Waals surface area contributed by atoms with Gasteiger partial charge in [0.05, 0.1) is 28.8 Å². The molecule has 35 heavy (non-hydrogen) atoms. The van der Waals surface area contributed by atoms with Crippen molar-refractivity contribution in [3.8, 4) is 0 Å². The van der Waals surface area contributed by atoms with Crippen molar-refractivity contribution in [2.45, 2.75) is 32.7 Å². The van der Waals surface area contributed by atoms with Gasteiger partial charge in [0.1, 0.15) is 5.82 Å². The monoisotopic (exact) mass is 486 g/mol. The van der Waals surface area contributed by atoms with Gasteiger partial charge in [0.25, 0.3) is 11.5 Å². The third-order valence-electron chi connectivity index (χ3n) is 6.50. The number of hydrogen-bond acceptors (Lipinski definition) is 4. The number of fused-ring (bicyclic) bond motifs is 1. The fraction of sp³-hybridized carbons (Fsp3) is 0.250. The van der Waals surface area contributed by atoms with Gasteiger partial charge >= 0.3 is 0 Å². The molecule has 0 spiro atoms. The van der Waals surface area contributed by atoms with Crippen molar-refractivity contribution in [1.29, 1.82) is 0 Å². The molecule has 0 bridgehead atoms. The van der Waals surface area contributed by atoms with Crippen LogP contribution in [0, 0.1) is 6.92 Å². The van der Waals surface area contributed by atoms with Crippen LogP contribution in [0.3, 0.4) is 0 Å². The van der Waals surface area contributed by atoms with Gasteiger partial charge in [0.2, 0.25) is 0 Å². The fourth-order valence-corrected chi connectivity index (χ4v) is 4.73. The van der Waals surface area contributed by atoms with Gasteiger partial charge in [-0.1, -0.05) is 41.9 Å². The summed E-state index contributed by atoms with van der Waals surface area (Å²) in [6.07, 6.45) is 3.39. The molecule has 4 aromatic rings. The van der Waals surface area contributed by atoms with Crippen LogP contribution >= 0.6 is 11.6 Å². The van der Waals surface area contributed by atoms with Crippen LogP contribution in [0.2, 0.25) is 5.02 Å². The molecule has 0 radical (unpaired) electrons. The molecule has 1 aliphatic heterocycles. The lowest BCUT2D eigenvalue weighted by Gasteiger charge is -2.31. The minimum atomic E-state index is -0.204. The molecule has 0 unspecified atom stereocenters. The molecule has 6 nitrogen and oxygen atoms in total. The summed E-state index contributed by atoms with van der Waals surface area (Å²) >= 11 is 6.02. The van der Waals surface area contributed by atoms with Gasteiger partial charge in [-0.2, -0.15) is 0 Å². The van der Waals surface area contributed by atoms with Crippen LogP contribution in [0.5, 0.6) is 0 Å². The highest BCUT2D eigenvalue weighted by atomic mass is 35.5. The first-order chi connectivity index (χ1) is 17.0. The average Bonchev–Trinajstić information content (AvgIpc) is 2.89. The van der Waals surface area contributed by atoms with Crippen molar-refractivity contribution in [3.05, 3.63) is 99.1 Å². The van der Waals surface area contributed by atoms with E-state index in [0.717, 1.165) is 37.2 Å². The first kappa shape index (κ1) is 23.1. The number of rotatable bonds is 5. The number of carbonyl (C=O) groups is 1. The van der Waals surface area contributed by atoms with Crippen LogP contribution in [-0.4, -0.2) is 28.5 Å². The zero-order chi connectivity index (χ0) is 24.4. The van der Waals surface area contributed by atoms with Crippen LogP contribution in [0.4, 0.5) is 11.4 Å². The zero-order valence-electron chi connectivity index (χ0n) is 19.6. The van der Waals surface area contributed by atoms with Crippen molar-refractivity contribution >= 4 is 39.8 Å². The molecule has 0 atom stereocenters. The van der Waals surface area contributed by atoms with E-state index in [1.54, 1.807) is 22.8 Å². The van der Waals surface area contributed by atoms with Crippen LogP contribution in [0.15, 0.2) is 71.5 Å². The second-order valence-corrected chi connectivity index (χ2v) is 9.37. The van der Waals surface area contributed by atoms with Crippen molar-refractivity contribution < 1.29 is 4.79 Å². The number of nitrogens with one attached hydrogen (secondary N) is 1. The number of anilines is 2. The molecule has 0 aliphatic carbocycles. The summed E-state index contributed by atoms with van der Waals surface area (Å²) in [6, 6.07) is 20.3. The minimum absolute atomic E-state index is 0.136. The normalized spacial score (nSPS) is 13.7. The SMILES string of the molecule is Cc1nc2cc(N3CCCCC3)c(NC(=O)c3ccccc3)cc2c(=O)n1Cc1ccc(Cl)cc1. The lowest BCUT2D eigenvalue weighted by molar-refractivity contribution is 0.102. The van der Waals surface area contributed by atoms with Gasteiger partial charge in [-0.3, -0.25) is 14.2 Å². The maximum absolute atomic E-state index is 13.6. The second-order valence-electron chi connectivity index (χ2n) is 8.93. The maximum Gasteiger partial charge on any atom is 0.261 e. The Bertz CT molecular complexity index is 1430. The highest BCUT2D eigenvalue weighted by Crippen LogP contribution is 2.32. The lowest BCUT2D eigenvalue weighted by Crippen LogP contribution is -2.31. The van der Waals surface area contributed by atoms with Crippen LogP contribution in [0.1, 0.15) is 41.0 Å². The number of aryl methyl sites for hydroxylation is 1. The highest BCUT2D eigenvalue weighted by molar-refractivity contribution is 6.30. The predicted molar refractivity (Wildman–Crippen MR) is 142 cm³/mol. The molecule has 1 saturated heterocycles. The van der Waals surface area contributed by atoms with Crippen molar-refractivity contribution in [3.63, 3.8) is 0 Å². The van der Waals surface area contributed by atoms with Crippen molar-refractivity contribution in [2.24, 2.45) is 0 Å². The number of amides is 1. The Morgan fingerprint density at radius 1 is 1.00 bits per heavy atom. The topological polar surface area (TPSA) is 67.2 Å². The summed E-state index contributed by atoms with van der Waals surface area (Å²) in [5.41, 5.74) is 3.57. The maximum atomic E-state index is 13.6. The van der Waals surface area contributed by atoms with Gasteiger partial charge in [-0.25, -0.2) is 4.98 Å². The second kappa shape index (κ2) is 9.92. The Morgan fingerprint density at radius 2 is 1.71 bits per heavy atom. The molecule has 1 aliphatic rings. The first-order valence-electron chi connectivity index (χ1n) is 11.9. The number of hydrogen-bond donors (Lipinski definition) is 1. The van der Waals surface area contributed by atoms with Gasteiger partial charge in [0, 0.05) is 23.7 Å². The Balaban J connectivity index is 1.60. The molecule has 1 amide bonds. The van der Waals surface area contributed by atoms with Crippen molar-refractivity contribution in [1.82, 2.24) is 9.55 Å². The lowest BCUT2D eigenvalue weighted by atomic mass is 10.1. The number of carbonyl (C=O) groups excluding carboxylic acids is 1. The largest absolute Gasteiger partial charge is 0.370 e. The molecule has 0 saturated carbocycles. The number of halogens is 1. The smallest absolute Gasteiger partial charge is 0.261 e. The van der Waals surface area contributed by atoms with E-state index in [4.69, 9.17) is 16.6 Å². The molecule has 5 rings (SSSR count). The Morgan fingerprint density at radius 3 is 2.43 bits per heavy atom. The molecule has 2 heterocycles. The number of aromatic nitrogens is 2. The summed E-state index contributed by atoms with van der Waals surface area (Å²) in [6.45, 7) is 4.06. The Kier molecular flexibility index (Phi) is 6.55. The first-order valence-corrected chi connectivity index (χ1v) is 12.3. The number of benzene rings is 3. The van der Waals surface area contributed by atoms with Crippen LogP contribution in [0.25, 0.3) is 10.9 Å². The van der Waals surface area contributed by atoms with E-state index < -0.39 is 0 Å². The third-order valence-corrected chi connectivity index (χ3v) is 6.75. The van der Waals surface area contributed by atoms with Crippen LogP contribution < -0.4 is 15.8 Å². The number of piperidine rings is 1. The molecule has 7 heteroatoms.